The molecule has 2 aromatic carbocycles. The Hall–Kier alpha value is -4.66. The van der Waals surface area contributed by atoms with Crippen molar-refractivity contribution < 1.29 is 9.53 Å². The first-order valence-electron chi connectivity index (χ1n) is 10.9. The van der Waals surface area contributed by atoms with Gasteiger partial charge in [-0.2, -0.15) is 10.2 Å². The van der Waals surface area contributed by atoms with Crippen LogP contribution in [0.5, 0.6) is 5.75 Å². The molecule has 168 valence electrons. The molecule has 1 amide bonds. The molecule has 9 nitrogen and oxygen atoms in total. The first kappa shape index (κ1) is 20.0. The van der Waals surface area contributed by atoms with Crippen molar-refractivity contribution in [3.05, 3.63) is 90.0 Å². The first-order valence-corrected chi connectivity index (χ1v) is 10.9. The van der Waals surface area contributed by atoms with Crippen molar-refractivity contribution in [2.45, 2.75) is 13.1 Å². The number of rotatable bonds is 5. The summed E-state index contributed by atoms with van der Waals surface area (Å²) in [5.41, 5.74) is 6.39. The van der Waals surface area contributed by atoms with Crippen LogP contribution in [0.3, 0.4) is 0 Å². The molecule has 0 spiro atoms. The fourth-order valence-corrected chi connectivity index (χ4v) is 4.34. The van der Waals surface area contributed by atoms with Gasteiger partial charge in [0, 0.05) is 36.7 Å². The molecule has 0 unspecified atom stereocenters. The molecule has 2 N–H and O–H groups in total. The summed E-state index contributed by atoms with van der Waals surface area (Å²) in [4.78, 5) is 20.3. The number of methoxy groups -OCH3 is 1. The second-order valence-electron chi connectivity index (χ2n) is 8.06. The van der Waals surface area contributed by atoms with E-state index in [0.29, 0.717) is 35.8 Å². The maximum absolute atomic E-state index is 13.5. The molecular formula is C25H21N7O2. The average Bonchev–Trinajstić information content (AvgIpc) is 3.62. The lowest BCUT2D eigenvalue weighted by Crippen LogP contribution is -2.20. The minimum absolute atomic E-state index is 0.306. The van der Waals surface area contributed by atoms with Crippen molar-refractivity contribution in [2.24, 2.45) is 0 Å². The van der Waals surface area contributed by atoms with Crippen molar-refractivity contribution in [1.29, 1.82) is 0 Å². The molecule has 0 fully saturated rings. The standard InChI is InChI=1S/C25H21N7O2/c1-34-20-8-6-19(7-9-20)29-25(33)22-23(31-14-16-4-2-3-5-17(16)15-31)24-26-11-10-21(32(24)30-22)18-12-27-28-13-18/h2-13H,14-15H2,1H3,(H,27,28)(H,29,33). The molecule has 6 rings (SSSR count). The molecule has 0 radical (unpaired) electrons. The quantitative estimate of drug-likeness (QED) is 0.420. The zero-order valence-corrected chi connectivity index (χ0v) is 18.4. The number of fused-ring (bicyclic) bond motifs is 2. The number of anilines is 2. The summed E-state index contributed by atoms with van der Waals surface area (Å²) < 4.78 is 6.93. The summed E-state index contributed by atoms with van der Waals surface area (Å²) in [6.45, 7) is 1.36. The van der Waals surface area contributed by atoms with Gasteiger partial charge in [0.05, 0.1) is 19.0 Å². The highest BCUT2D eigenvalue weighted by molar-refractivity contribution is 6.09. The number of H-pyrrole nitrogens is 1. The Morgan fingerprint density at radius 1 is 1.06 bits per heavy atom. The van der Waals surface area contributed by atoms with E-state index < -0.39 is 0 Å². The van der Waals surface area contributed by atoms with Crippen LogP contribution < -0.4 is 15.0 Å². The highest BCUT2D eigenvalue weighted by Gasteiger charge is 2.30. The van der Waals surface area contributed by atoms with Gasteiger partial charge in [-0.25, -0.2) is 9.50 Å². The average molecular weight is 451 g/mol. The monoisotopic (exact) mass is 451 g/mol. The van der Waals surface area contributed by atoms with E-state index in [4.69, 9.17) is 9.84 Å². The van der Waals surface area contributed by atoms with Crippen LogP contribution in [-0.4, -0.2) is 37.8 Å². The van der Waals surface area contributed by atoms with Crippen LogP contribution in [0.4, 0.5) is 11.4 Å². The predicted octanol–water partition coefficient (Wildman–Crippen LogP) is 3.90. The molecule has 1 aliphatic heterocycles. The summed E-state index contributed by atoms with van der Waals surface area (Å²) in [5, 5.41) is 14.6. The first-order chi connectivity index (χ1) is 16.7. The van der Waals surface area contributed by atoms with Crippen molar-refractivity contribution >= 4 is 22.9 Å². The molecule has 34 heavy (non-hydrogen) atoms. The number of carbonyl (C=O) groups is 1. The minimum atomic E-state index is -0.306. The third-order valence-electron chi connectivity index (χ3n) is 6.01. The van der Waals surface area contributed by atoms with Gasteiger partial charge in [0.2, 0.25) is 0 Å². The molecule has 0 saturated heterocycles. The van der Waals surface area contributed by atoms with E-state index in [1.165, 1.54) is 11.1 Å². The number of aromatic nitrogens is 5. The van der Waals surface area contributed by atoms with E-state index in [1.54, 1.807) is 54.5 Å². The summed E-state index contributed by atoms with van der Waals surface area (Å²) in [6, 6.07) is 17.4. The van der Waals surface area contributed by atoms with Gasteiger partial charge in [-0.05, 0) is 41.5 Å². The summed E-state index contributed by atoms with van der Waals surface area (Å²) in [5.74, 6) is 0.412. The second kappa shape index (κ2) is 8.04. The Labute approximate surface area is 195 Å². The SMILES string of the molecule is COc1ccc(NC(=O)c2nn3c(-c4cn[nH]c4)ccnc3c2N2Cc3ccccc3C2)cc1. The fourth-order valence-electron chi connectivity index (χ4n) is 4.34. The molecule has 0 bridgehead atoms. The van der Waals surface area contributed by atoms with E-state index in [0.717, 1.165) is 17.0 Å². The lowest BCUT2D eigenvalue weighted by molar-refractivity contribution is 0.102. The van der Waals surface area contributed by atoms with E-state index in [2.05, 4.69) is 37.5 Å². The minimum Gasteiger partial charge on any atom is -0.497 e. The van der Waals surface area contributed by atoms with Crippen LogP contribution in [0.15, 0.2) is 73.2 Å². The van der Waals surface area contributed by atoms with Gasteiger partial charge < -0.3 is 15.0 Å². The largest absolute Gasteiger partial charge is 0.497 e. The Balaban J connectivity index is 1.46. The van der Waals surface area contributed by atoms with Gasteiger partial charge in [-0.3, -0.25) is 9.89 Å². The molecule has 5 aromatic rings. The number of aromatic amines is 1. The lowest BCUT2D eigenvalue weighted by atomic mass is 10.1. The van der Waals surface area contributed by atoms with Crippen molar-refractivity contribution in [1.82, 2.24) is 24.8 Å². The molecule has 4 heterocycles. The van der Waals surface area contributed by atoms with Gasteiger partial charge in [-0.15, -0.1) is 0 Å². The Bertz CT molecular complexity index is 1470. The topological polar surface area (TPSA) is 100 Å². The third-order valence-corrected chi connectivity index (χ3v) is 6.01. The lowest BCUT2D eigenvalue weighted by Gasteiger charge is -2.17. The summed E-state index contributed by atoms with van der Waals surface area (Å²) in [6.07, 6.45) is 5.25. The third kappa shape index (κ3) is 3.34. The smallest absolute Gasteiger partial charge is 0.278 e. The van der Waals surface area contributed by atoms with Crippen LogP contribution in [-0.2, 0) is 13.1 Å². The van der Waals surface area contributed by atoms with Crippen LogP contribution >= 0.6 is 0 Å². The van der Waals surface area contributed by atoms with E-state index in [1.807, 2.05) is 18.2 Å². The molecular weight excluding hydrogens is 430 g/mol. The van der Waals surface area contributed by atoms with Crippen LogP contribution in [0.1, 0.15) is 21.6 Å². The van der Waals surface area contributed by atoms with Crippen LogP contribution in [0, 0.1) is 0 Å². The maximum Gasteiger partial charge on any atom is 0.278 e. The van der Waals surface area contributed by atoms with Gasteiger partial charge in [0.25, 0.3) is 5.91 Å². The molecule has 9 heteroatoms. The van der Waals surface area contributed by atoms with Gasteiger partial charge >= 0.3 is 0 Å². The second-order valence-corrected chi connectivity index (χ2v) is 8.06. The number of hydrogen-bond acceptors (Lipinski definition) is 6. The number of amides is 1. The number of ether oxygens (including phenoxy) is 1. The zero-order chi connectivity index (χ0) is 23.1. The molecule has 0 atom stereocenters. The predicted molar refractivity (Wildman–Crippen MR) is 128 cm³/mol. The van der Waals surface area contributed by atoms with Gasteiger partial charge in [0.15, 0.2) is 11.3 Å². The highest BCUT2D eigenvalue weighted by Crippen LogP contribution is 2.35. The fraction of sp³-hybridized carbons (Fsp3) is 0.120. The molecule has 0 aliphatic carbocycles. The maximum atomic E-state index is 13.5. The van der Waals surface area contributed by atoms with Crippen LogP contribution in [0.25, 0.3) is 16.9 Å². The number of nitrogens with one attached hydrogen (secondary N) is 2. The Kier molecular flexibility index (Phi) is 4.72. The van der Waals surface area contributed by atoms with E-state index in [-0.39, 0.29) is 5.91 Å². The van der Waals surface area contributed by atoms with Crippen molar-refractivity contribution in [2.75, 3.05) is 17.3 Å². The van der Waals surface area contributed by atoms with Gasteiger partial charge in [0.1, 0.15) is 11.4 Å². The molecule has 1 aliphatic rings. The Morgan fingerprint density at radius 2 is 1.82 bits per heavy atom. The zero-order valence-electron chi connectivity index (χ0n) is 18.4. The number of carbonyl (C=O) groups excluding carboxylic acids is 1. The number of nitrogens with zero attached hydrogens (tertiary/aromatic N) is 5. The summed E-state index contributed by atoms with van der Waals surface area (Å²) >= 11 is 0. The summed E-state index contributed by atoms with van der Waals surface area (Å²) in [7, 11) is 1.61. The Morgan fingerprint density at radius 3 is 2.50 bits per heavy atom. The van der Waals surface area contributed by atoms with Crippen molar-refractivity contribution in [3.63, 3.8) is 0 Å². The normalized spacial score (nSPS) is 12.7. The number of hydrogen-bond donors (Lipinski definition) is 2. The molecule has 0 saturated carbocycles. The van der Waals surface area contributed by atoms with Crippen LogP contribution in [0.2, 0.25) is 0 Å². The van der Waals surface area contributed by atoms with E-state index in [9.17, 15) is 4.79 Å². The van der Waals surface area contributed by atoms with Crippen molar-refractivity contribution in [3.8, 4) is 17.0 Å². The highest BCUT2D eigenvalue weighted by atomic mass is 16.5. The number of benzene rings is 2. The molecule has 3 aromatic heterocycles. The van der Waals surface area contributed by atoms with E-state index >= 15 is 0 Å². The van der Waals surface area contributed by atoms with Gasteiger partial charge in [-0.1, -0.05) is 24.3 Å².